The van der Waals surface area contributed by atoms with Gasteiger partial charge < -0.3 is 0 Å². The zero-order valence-electron chi connectivity index (χ0n) is 9.60. The van der Waals surface area contributed by atoms with Gasteiger partial charge in [0.15, 0.2) is 0 Å². The van der Waals surface area contributed by atoms with Crippen LogP contribution >= 0.6 is 15.9 Å². The molecule has 2 nitrogen and oxygen atoms in total. The summed E-state index contributed by atoms with van der Waals surface area (Å²) in [7, 11) is 0. The highest BCUT2D eigenvalue weighted by Crippen LogP contribution is 2.19. The molecule has 0 spiro atoms. The average molecular weight is 303 g/mol. The number of carbonyl (C=O) groups is 2. The van der Waals surface area contributed by atoms with Crippen molar-refractivity contribution in [1.29, 1.82) is 0 Å². The minimum atomic E-state index is -0.452. The van der Waals surface area contributed by atoms with Crippen LogP contribution in [0.1, 0.15) is 10.4 Å². The largest absolute Gasteiger partial charge is 0.290 e. The first kappa shape index (κ1) is 12.7. The average Bonchev–Trinajstić information content (AvgIpc) is 2.47. The molecule has 18 heavy (non-hydrogen) atoms. The van der Waals surface area contributed by atoms with E-state index in [0.29, 0.717) is 5.56 Å². The number of ketones is 2. The van der Waals surface area contributed by atoms with Gasteiger partial charge in [-0.05, 0) is 11.1 Å². The van der Waals surface area contributed by atoms with Crippen molar-refractivity contribution >= 4 is 27.5 Å². The van der Waals surface area contributed by atoms with Crippen molar-refractivity contribution in [2.75, 3.05) is 5.33 Å². The number of rotatable bonds is 4. The summed E-state index contributed by atoms with van der Waals surface area (Å²) in [6.07, 6.45) is 0. The zero-order chi connectivity index (χ0) is 13.0. The molecule has 0 unspecified atom stereocenters. The summed E-state index contributed by atoms with van der Waals surface area (Å²) in [4.78, 5) is 22.9. The first-order chi connectivity index (χ1) is 8.72. The number of benzene rings is 2. The lowest BCUT2D eigenvalue weighted by atomic mass is 10.0. The monoisotopic (exact) mass is 302 g/mol. The van der Waals surface area contributed by atoms with Gasteiger partial charge in [-0.25, -0.2) is 0 Å². The van der Waals surface area contributed by atoms with Gasteiger partial charge in [0.25, 0.3) is 0 Å². The Balaban J connectivity index is 2.26. The summed E-state index contributed by atoms with van der Waals surface area (Å²) in [6.45, 7) is 0. The molecule has 0 aliphatic rings. The van der Waals surface area contributed by atoms with Gasteiger partial charge in [-0.2, -0.15) is 0 Å². The summed E-state index contributed by atoms with van der Waals surface area (Å²) < 4.78 is 0. The molecule has 0 saturated heterocycles. The van der Waals surface area contributed by atoms with E-state index in [4.69, 9.17) is 0 Å². The highest BCUT2D eigenvalue weighted by molar-refractivity contribution is 9.09. The van der Waals surface area contributed by atoms with Gasteiger partial charge in [-0.15, -0.1) is 0 Å². The van der Waals surface area contributed by atoms with Crippen LogP contribution in [0.25, 0.3) is 11.1 Å². The molecule has 0 radical (unpaired) electrons. The van der Waals surface area contributed by atoms with E-state index in [0.717, 1.165) is 11.1 Å². The molecule has 2 aromatic carbocycles. The van der Waals surface area contributed by atoms with E-state index >= 15 is 0 Å². The summed E-state index contributed by atoms with van der Waals surface area (Å²) in [5.41, 5.74) is 2.54. The molecule has 0 amide bonds. The molecule has 0 atom stereocenters. The second kappa shape index (κ2) is 5.74. The summed E-state index contributed by atoms with van der Waals surface area (Å²) in [5.74, 6) is -0.881. The van der Waals surface area contributed by atoms with Crippen molar-refractivity contribution in [3.05, 3.63) is 60.2 Å². The molecule has 0 heterocycles. The third kappa shape index (κ3) is 2.74. The van der Waals surface area contributed by atoms with Gasteiger partial charge in [-0.1, -0.05) is 70.5 Å². The van der Waals surface area contributed by atoms with Gasteiger partial charge >= 0.3 is 0 Å². The number of alkyl halides is 1. The van der Waals surface area contributed by atoms with Crippen LogP contribution in [0.15, 0.2) is 54.6 Å². The van der Waals surface area contributed by atoms with Gasteiger partial charge in [0, 0.05) is 5.56 Å². The number of hydrogen-bond acceptors (Lipinski definition) is 2. The van der Waals surface area contributed by atoms with Crippen LogP contribution in [0.2, 0.25) is 0 Å². The van der Waals surface area contributed by atoms with Crippen LogP contribution in [-0.2, 0) is 4.79 Å². The molecule has 2 rings (SSSR count). The minimum Gasteiger partial charge on any atom is -0.290 e. The molecule has 0 fully saturated rings. The van der Waals surface area contributed by atoms with Gasteiger partial charge in [0.2, 0.25) is 11.6 Å². The van der Waals surface area contributed by atoms with E-state index < -0.39 is 11.6 Å². The van der Waals surface area contributed by atoms with Crippen molar-refractivity contribution in [1.82, 2.24) is 0 Å². The Morgan fingerprint density at radius 3 is 1.94 bits per heavy atom. The topological polar surface area (TPSA) is 34.1 Å². The first-order valence-electron chi connectivity index (χ1n) is 5.51. The second-order valence-corrected chi connectivity index (χ2v) is 4.39. The second-order valence-electron chi connectivity index (χ2n) is 3.83. The Hall–Kier alpha value is -1.74. The lowest BCUT2D eigenvalue weighted by Gasteiger charge is -2.02. The van der Waals surface area contributed by atoms with Crippen LogP contribution in [-0.4, -0.2) is 16.9 Å². The molecule has 0 N–H and O–H groups in total. The van der Waals surface area contributed by atoms with Crippen molar-refractivity contribution in [3.8, 4) is 11.1 Å². The van der Waals surface area contributed by atoms with Crippen LogP contribution in [0.3, 0.4) is 0 Å². The molecule has 0 bridgehead atoms. The van der Waals surface area contributed by atoms with Gasteiger partial charge in [0.1, 0.15) is 0 Å². The molecule has 3 heteroatoms. The summed E-state index contributed by atoms with van der Waals surface area (Å²) >= 11 is 2.99. The Kier molecular flexibility index (Phi) is 4.05. The normalized spacial score (nSPS) is 10.1. The number of carbonyl (C=O) groups excluding carboxylic acids is 2. The highest BCUT2D eigenvalue weighted by Gasteiger charge is 2.14. The Morgan fingerprint density at radius 2 is 1.39 bits per heavy atom. The Morgan fingerprint density at radius 1 is 0.833 bits per heavy atom. The quantitative estimate of drug-likeness (QED) is 0.492. The Bertz CT molecular complexity index is 559. The molecule has 0 saturated carbocycles. The van der Waals surface area contributed by atoms with E-state index in [1.807, 2.05) is 42.5 Å². The van der Waals surface area contributed by atoms with E-state index in [-0.39, 0.29) is 5.33 Å². The standard InChI is InChI=1S/C15H11BrO2/c16-10-14(17)15(18)13-8-6-12(7-9-13)11-4-2-1-3-5-11/h1-9H,10H2. The van der Waals surface area contributed by atoms with E-state index in [1.54, 1.807) is 12.1 Å². The third-order valence-corrected chi connectivity index (χ3v) is 3.14. The van der Waals surface area contributed by atoms with Gasteiger partial charge in [0.05, 0.1) is 5.33 Å². The summed E-state index contributed by atoms with van der Waals surface area (Å²) in [5, 5.41) is 0.0618. The fourth-order valence-corrected chi connectivity index (χ4v) is 1.92. The van der Waals surface area contributed by atoms with Crippen molar-refractivity contribution in [3.63, 3.8) is 0 Å². The minimum absolute atomic E-state index is 0.0618. The molecular formula is C15H11BrO2. The third-order valence-electron chi connectivity index (χ3n) is 2.63. The van der Waals surface area contributed by atoms with Gasteiger partial charge in [-0.3, -0.25) is 9.59 Å². The molecule has 0 aromatic heterocycles. The molecule has 0 aliphatic carbocycles. The van der Waals surface area contributed by atoms with E-state index in [2.05, 4.69) is 15.9 Å². The number of hydrogen-bond donors (Lipinski definition) is 0. The molecular weight excluding hydrogens is 292 g/mol. The van der Waals surface area contributed by atoms with Crippen LogP contribution in [0.5, 0.6) is 0 Å². The predicted octanol–water partition coefficient (Wildman–Crippen LogP) is 3.50. The van der Waals surface area contributed by atoms with Crippen molar-refractivity contribution in [2.24, 2.45) is 0 Å². The SMILES string of the molecule is O=C(CBr)C(=O)c1ccc(-c2ccccc2)cc1. The fourth-order valence-electron chi connectivity index (χ4n) is 1.67. The van der Waals surface area contributed by atoms with E-state index in [9.17, 15) is 9.59 Å². The van der Waals surface area contributed by atoms with Crippen LogP contribution in [0, 0.1) is 0 Å². The molecule has 0 aliphatic heterocycles. The summed E-state index contributed by atoms with van der Waals surface area (Å²) in [6, 6.07) is 17.0. The maximum atomic E-state index is 11.6. The Labute approximate surface area is 114 Å². The van der Waals surface area contributed by atoms with Crippen LogP contribution < -0.4 is 0 Å². The zero-order valence-corrected chi connectivity index (χ0v) is 11.2. The molecule has 2 aromatic rings. The van der Waals surface area contributed by atoms with Crippen molar-refractivity contribution in [2.45, 2.75) is 0 Å². The first-order valence-corrected chi connectivity index (χ1v) is 6.63. The fraction of sp³-hybridized carbons (Fsp3) is 0.0667. The highest BCUT2D eigenvalue weighted by atomic mass is 79.9. The maximum Gasteiger partial charge on any atom is 0.229 e. The maximum absolute atomic E-state index is 11.6. The predicted molar refractivity (Wildman–Crippen MR) is 75.0 cm³/mol. The lowest BCUT2D eigenvalue weighted by Crippen LogP contribution is -2.14. The van der Waals surface area contributed by atoms with E-state index in [1.165, 1.54) is 0 Å². The van der Waals surface area contributed by atoms with Crippen LogP contribution in [0.4, 0.5) is 0 Å². The van der Waals surface area contributed by atoms with Crippen molar-refractivity contribution < 1.29 is 9.59 Å². The lowest BCUT2D eigenvalue weighted by molar-refractivity contribution is -0.112. The molecule has 90 valence electrons. The number of Topliss-reactive ketones (excluding diaryl/α,β-unsaturated/α-hetero) is 2. The smallest absolute Gasteiger partial charge is 0.229 e. The number of halogens is 1.